The van der Waals surface area contributed by atoms with Crippen molar-refractivity contribution in [3.05, 3.63) is 54.1 Å². The Bertz CT molecular complexity index is 409. The van der Waals surface area contributed by atoms with Crippen molar-refractivity contribution in [1.29, 1.82) is 0 Å². The molecule has 78 valence electrons. The summed E-state index contributed by atoms with van der Waals surface area (Å²) in [6, 6.07) is 10.5. The van der Waals surface area contributed by atoms with Crippen LogP contribution in [0.25, 0.3) is 0 Å². The van der Waals surface area contributed by atoms with Crippen LogP contribution in [-0.4, -0.2) is 15.8 Å². The average molecular weight is 218 g/mol. The van der Waals surface area contributed by atoms with Crippen molar-refractivity contribution in [3.63, 3.8) is 0 Å². The second-order valence-corrected chi connectivity index (χ2v) is 4.26. The van der Waals surface area contributed by atoms with Crippen molar-refractivity contribution in [2.75, 3.05) is 6.26 Å². The first kappa shape index (κ1) is 10.3. The van der Waals surface area contributed by atoms with Crippen molar-refractivity contribution in [2.45, 2.75) is 12.3 Å². The predicted molar refractivity (Wildman–Crippen MR) is 65.0 cm³/mol. The van der Waals surface area contributed by atoms with Gasteiger partial charge in [0.25, 0.3) is 0 Å². The molecule has 0 bridgehead atoms. The van der Waals surface area contributed by atoms with Crippen LogP contribution < -0.4 is 0 Å². The van der Waals surface area contributed by atoms with Crippen molar-refractivity contribution in [1.82, 2.24) is 9.55 Å². The van der Waals surface area contributed by atoms with Gasteiger partial charge in [-0.15, -0.1) is 0 Å². The summed E-state index contributed by atoms with van der Waals surface area (Å²) in [7, 11) is 0. The van der Waals surface area contributed by atoms with Crippen molar-refractivity contribution < 1.29 is 0 Å². The third kappa shape index (κ3) is 2.63. The summed E-state index contributed by atoms with van der Waals surface area (Å²) in [5.41, 5.74) is 1.32. The highest BCUT2D eigenvalue weighted by molar-refractivity contribution is 7.97. The van der Waals surface area contributed by atoms with Gasteiger partial charge in [-0.2, -0.15) is 11.8 Å². The van der Waals surface area contributed by atoms with Crippen LogP contribution in [0.2, 0.25) is 0 Å². The maximum Gasteiger partial charge on any atom is 0.118 e. The van der Waals surface area contributed by atoms with Gasteiger partial charge >= 0.3 is 0 Å². The third-order valence-corrected chi connectivity index (χ3v) is 2.82. The minimum absolute atomic E-state index is 0.913. The molecule has 0 fully saturated rings. The molecule has 1 aromatic heterocycles. The zero-order chi connectivity index (χ0) is 10.5. The second kappa shape index (κ2) is 5.03. The zero-order valence-corrected chi connectivity index (χ0v) is 9.57. The van der Waals surface area contributed by atoms with Crippen molar-refractivity contribution >= 4 is 11.8 Å². The fraction of sp³-hybridized carbons (Fsp3) is 0.250. The number of hydrogen-bond donors (Lipinski definition) is 0. The maximum atomic E-state index is 4.34. The van der Waals surface area contributed by atoms with Gasteiger partial charge in [-0.05, 0) is 11.8 Å². The fourth-order valence-electron chi connectivity index (χ4n) is 1.53. The van der Waals surface area contributed by atoms with Crippen LogP contribution in [0.15, 0.2) is 42.7 Å². The SMILES string of the molecule is CSCc1nccn1Cc1ccccc1. The number of benzene rings is 1. The Morgan fingerprint density at radius 2 is 2.07 bits per heavy atom. The van der Waals surface area contributed by atoms with Crippen LogP contribution in [0.1, 0.15) is 11.4 Å². The van der Waals surface area contributed by atoms with Gasteiger partial charge in [0.15, 0.2) is 0 Å². The zero-order valence-electron chi connectivity index (χ0n) is 8.76. The molecule has 0 aliphatic carbocycles. The van der Waals surface area contributed by atoms with Crippen LogP contribution in [0.4, 0.5) is 0 Å². The molecule has 3 heteroatoms. The lowest BCUT2D eigenvalue weighted by molar-refractivity contribution is 0.757. The lowest BCUT2D eigenvalue weighted by Crippen LogP contribution is -2.02. The standard InChI is InChI=1S/C12H14N2S/c1-15-10-12-13-7-8-14(12)9-11-5-3-2-4-6-11/h2-8H,9-10H2,1H3. The van der Waals surface area contributed by atoms with E-state index in [4.69, 9.17) is 0 Å². The van der Waals surface area contributed by atoms with E-state index in [2.05, 4.69) is 40.1 Å². The van der Waals surface area contributed by atoms with E-state index in [1.54, 1.807) is 11.8 Å². The van der Waals surface area contributed by atoms with E-state index in [1.165, 1.54) is 5.56 Å². The van der Waals surface area contributed by atoms with E-state index in [0.29, 0.717) is 0 Å². The third-order valence-electron chi connectivity index (χ3n) is 2.27. The van der Waals surface area contributed by atoms with Crippen molar-refractivity contribution in [3.8, 4) is 0 Å². The fourth-order valence-corrected chi connectivity index (χ4v) is 2.03. The molecule has 0 aliphatic rings. The Morgan fingerprint density at radius 3 is 2.80 bits per heavy atom. The van der Waals surface area contributed by atoms with Gasteiger partial charge in [-0.3, -0.25) is 0 Å². The summed E-state index contributed by atoms with van der Waals surface area (Å²) in [4.78, 5) is 4.34. The quantitative estimate of drug-likeness (QED) is 0.785. The minimum atomic E-state index is 0.913. The van der Waals surface area contributed by atoms with Crippen LogP contribution in [0, 0.1) is 0 Å². The maximum absolute atomic E-state index is 4.34. The highest BCUT2D eigenvalue weighted by atomic mass is 32.2. The number of nitrogens with zero attached hydrogens (tertiary/aromatic N) is 2. The van der Waals surface area contributed by atoms with E-state index in [0.717, 1.165) is 18.1 Å². The largest absolute Gasteiger partial charge is 0.330 e. The van der Waals surface area contributed by atoms with Gasteiger partial charge in [-0.25, -0.2) is 4.98 Å². The summed E-state index contributed by atoms with van der Waals surface area (Å²) in [6.07, 6.45) is 6.01. The number of hydrogen-bond acceptors (Lipinski definition) is 2. The summed E-state index contributed by atoms with van der Waals surface area (Å²) < 4.78 is 2.20. The van der Waals surface area contributed by atoms with E-state index in [1.807, 2.05) is 18.5 Å². The molecule has 0 amide bonds. The summed E-state index contributed by atoms with van der Waals surface area (Å²) in [6.45, 7) is 0.913. The first-order chi connectivity index (χ1) is 7.40. The molecule has 1 aromatic carbocycles. The van der Waals surface area contributed by atoms with Crippen LogP contribution >= 0.6 is 11.8 Å². The Labute approximate surface area is 94.3 Å². The molecule has 0 radical (unpaired) electrons. The number of rotatable bonds is 4. The Kier molecular flexibility index (Phi) is 3.45. The van der Waals surface area contributed by atoms with Gasteiger partial charge in [-0.1, -0.05) is 30.3 Å². The molecule has 2 aromatic rings. The molecule has 2 nitrogen and oxygen atoms in total. The Balaban J connectivity index is 2.14. The van der Waals surface area contributed by atoms with E-state index in [9.17, 15) is 0 Å². The molecule has 2 rings (SSSR count). The molecular formula is C12H14N2S. The van der Waals surface area contributed by atoms with Crippen LogP contribution in [0.5, 0.6) is 0 Å². The topological polar surface area (TPSA) is 17.8 Å². The smallest absolute Gasteiger partial charge is 0.118 e. The van der Waals surface area contributed by atoms with E-state index in [-0.39, 0.29) is 0 Å². The lowest BCUT2D eigenvalue weighted by atomic mass is 10.2. The molecular weight excluding hydrogens is 204 g/mol. The highest BCUT2D eigenvalue weighted by Gasteiger charge is 2.01. The first-order valence-corrected chi connectivity index (χ1v) is 6.32. The molecule has 0 saturated carbocycles. The van der Waals surface area contributed by atoms with Crippen molar-refractivity contribution in [2.24, 2.45) is 0 Å². The summed E-state index contributed by atoms with van der Waals surface area (Å²) in [5.74, 6) is 2.12. The Hall–Kier alpha value is -1.22. The van der Waals surface area contributed by atoms with E-state index >= 15 is 0 Å². The minimum Gasteiger partial charge on any atom is -0.330 e. The average Bonchev–Trinajstić information content (AvgIpc) is 2.68. The highest BCUT2D eigenvalue weighted by Crippen LogP contribution is 2.09. The van der Waals surface area contributed by atoms with Crippen LogP contribution in [-0.2, 0) is 12.3 Å². The molecule has 0 saturated heterocycles. The summed E-state index contributed by atoms with van der Waals surface area (Å²) >= 11 is 1.80. The predicted octanol–water partition coefficient (Wildman–Crippen LogP) is 2.79. The molecule has 15 heavy (non-hydrogen) atoms. The molecule has 0 N–H and O–H groups in total. The Morgan fingerprint density at radius 1 is 1.27 bits per heavy atom. The van der Waals surface area contributed by atoms with Gasteiger partial charge < -0.3 is 4.57 Å². The van der Waals surface area contributed by atoms with Gasteiger partial charge in [0.2, 0.25) is 0 Å². The van der Waals surface area contributed by atoms with Gasteiger partial charge in [0, 0.05) is 18.9 Å². The van der Waals surface area contributed by atoms with Crippen LogP contribution in [0.3, 0.4) is 0 Å². The number of thioether (sulfide) groups is 1. The lowest BCUT2D eigenvalue weighted by Gasteiger charge is -2.06. The molecule has 0 aliphatic heterocycles. The molecule has 0 atom stereocenters. The number of imidazole rings is 1. The summed E-state index contributed by atoms with van der Waals surface area (Å²) in [5, 5.41) is 0. The van der Waals surface area contributed by atoms with Gasteiger partial charge in [0.05, 0.1) is 5.75 Å². The molecule has 0 spiro atoms. The van der Waals surface area contributed by atoms with E-state index < -0.39 is 0 Å². The molecule has 0 unspecified atom stereocenters. The normalized spacial score (nSPS) is 10.5. The second-order valence-electron chi connectivity index (χ2n) is 3.39. The monoisotopic (exact) mass is 218 g/mol. The van der Waals surface area contributed by atoms with Gasteiger partial charge in [0.1, 0.15) is 5.82 Å². The first-order valence-electron chi connectivity index (χ1n) is 4.93. The number of aromatic nitrogens is 2. The molecule has 1 heterocycles.